The summed E-state index contributed by atoms with van der Waals surface area (Å²) in [5.41, 5.74) is 1.97. The van der Waals surface area contributed by atoms with E-state index in [1.54, 1.807) is 14.2 Å². The molecule has 0 aromatic heterocycles. The van der Waals surface area contributed by atoms with E-state index in [-0.39, 0.29) is 5.92 Å². The molecule has 0 saturated carbocycles. The first-order valence-electron chi connectivity index (χ1n) is 5.41. The fraction of sp³-hybridized carbons (Fsp3) is 0.462. The molecule has 4 heteroatoms. The highest BCUT2D eigenvalue weighted by Crippen LogP contribution is 2.42. The summed E-state index contributed by atoms with van der Waals surface area (Å²) in [5.74, 6) is 1.28. The van der Waals surface area contributed by atoms with Crippen LogP contribution in [0.3, 0.4) is 0 Å². The first-order chi connectivity index (χ1) is 8.06. The maximum absolute atomic E-state index is 10.6. The van der Waals surface area contributed by atoms with E-state index >= 15 is 0 Å². The fourth-order valence-corrected chi connectivity index (χ4v) is 2.22. The normalized spacial score (nSPS) is 12.1. The van der Waals surface area contributed by atoms with Crippen molar-refractivity contribution in [2.24, 2.45) is 0 Å². The number of methoxy groups -OCH3 is 2. The molecule has 1 atom stereocenters. The van der Waals surface area contributed by atoms with Gasteiger partial charge in [0.2, 0.25) is 0 Å². The number of hydrogen-bond acceptors (Lipinski definition) is 3. The van der Waals surface area contributed by atoms with E-state index in [4.69, 9.17) is 21.1 Å². The third kappa shape index (κ3) is 2.72. The van der Waals surface area contributed by atoms with Gasteiger partial charge in [-0.1, -0.05) is 18.5 Å². The van der Waals surface area contributed by atoms with Gasteiger partial charge in [0, 0.05) is 6.42 Å². The monoisotopic (exact) mass is 256 g/mol. The third-order valence-electron chi connectivity index (χ3n) is 2.87. The van der Waals surface area contributed by atoms with Crippen molar-refractivity contribution in [1.82, 2.24) is 0 Å². The van der Waals surface area contributed by atoms with Crippen LogP contribution < -0.4 is 9.47 Å². The zero-order valence-electron chi connectivity index (χ0n) is 10.5. The highest BCUT2D eigenvalue weighted by atomic mass is 35.5. The predicted molar refractivity (Wildman–Crippen MR) is 68.4 cm³/mol. The van der Waals surface area contributed by atoms with E-state index in [9.17, 15) is 4.79 Å². The van der Waals surface area contributed by atoms with Crippen LogP contribution in [0, 0.1) is 6.92 Å². The Balaban J connectivity index is 3.34. The largest absolute Gasteiger partial charge is 0.493 e. The number of benzene rings is 1. The Hall–Kier alpha value is -1.22. The molecule has 94 valence electrons. The summed E-state index contributed by atoms with van der Waals surface area (Å²) < 4.78 is 10.5. The Morgan fingerprint density at radius 1 is 1.35 bits per heavy atom. The summed E-state index contributed by atoms with van der Waals surface area (Å²) in [6.07, 6.45) is 1.38. The molecule has 0 heterocycles. The first kappa shape index (κ1) is 13.8. The number of hydrogen-bond donors (Lipinski definition) is 0. The molecular weight excluding hydrogens is 240 g/mol. The molecule has 0 aliphatic carbocycles. The summed E-state index contributed by atoms with van der Waals surface area (Å²) in [4.78, 5) is 10.6. The standard InChI is InChI=1S/C13H17ClO3/c1-8(5-6-15)10-7-11(14)13(17-4)12(16-3)9(10)2/h6-8H,5H2,1-4H3. The Kier molecular flexibility index (Phi) is 4.82. The molecule has 0 aliphatic heterocycles. The van der Waals surface area contributed by atoms with Gasteiger partial charge in [-0.2, -0.15) is 0 Å². The van der Waals surface area contributed by atoms with Crippen molar-refractivity contribution in [3.63, 3.8) is 0 Å². The lowest BCUT2D eigenvalue weighted by Gasteiger charge is -2.18. The maximum Gasteiger partial charge on any atom is 0.179 e. The van der Waals surface area contributed by atoms with Gasteiger partial charge in [0.05, 0.1) is 19.2 Å². The molecule has 3 nitrogen and oxygen atoms in total. The SMILES string of the molecule is COc1c(Cl)cc(C(C)CC=O)c(C)c1OC. The molecule has 0 N–H and O–H groups in total. The average Bonchev–Trinajstić information content (AvgIpc) is 2.31. The van der Waals surface area contributed by atoms with Gasteiger partial charge in [-0.15, -0.1) is 0 Å². The van der Waals surface area contributed by atoms with Crippen LogP contribution in [-0.4, -0.2) is 20.5 Å². The van der Waals surface area contributed by atoms with Crippen LogP contribution in [0.5, 0.6) is 11.5 Å². The summed E-state index contributed by atoms with van der Waals surface area (Å²) in [6, 6.07) is 1.84. The van der Waals surface area contributed by atoms with Crippen LogP contribution >= 0.6 is 11.6 Å². The van der Waals surface area contributed by atoms with Crippen molar-refractivity contribution in [1.29, 1.82) is 0 Å². The van der Waals surface area contributed by atoms with E-state index in [1.807, 2.05) is 19.9 Å². The molecule has 1 unspecified atom stereocenters. The lowest BCUT2D eigenvalue weighted by atomic mass is 9.93. The van der Waals surface area contributed by atoms with Gasteiger partial charge in [-0.05, 0) is 30.0 Å². The van der Waals surface area contributed by atoms with Gasteiger partial charge in [0.25, 0.3) is 0 Å². The lowest BCUT2D eigenvalue weighted by Crippen LogP contribution is -2.02. The van der Waals surface area contributed by atoms with E-state index in [0.717, 1.165) is 17.4 Å². The Labute approximate surface area is 107 Å². The minimum absolute atomic E-state index is 0.116. The molecule has 0 aliphatic rings. The number of rotatable bonds is 5. The second kappa shape index (κ2) is 5.92. The predicted octanol–water partition coefficient (Wildman–Crippen LogP) is 3.36. The quantitative estimate of drug-likeness (QED) is 0.758. The van der Waals surface area contributed by atoms with Crippen LogP contribution in [0.25, 0.3) is 0 Å². The smallest absolute Gasteiger partial charge is 0.179 e. The Bertz CT molecular complexity index is 416. The van der Waals surface area contributed by atoms with Gasteiger partial charge < -0.3 is 14.3 Å². The van der Waals surface area contributed by atoms with E-state index in [1.165, 1.54) is 0 Å². The third-order valence-corrected chi connectivity index (χ3v) is 3.15. The number of carbonyl (C=O) groups excluding carboxylic acids is 1. The molecule has 0 radical (unpaired) electrons. The van der Waals surface area contributed by atoms with E-state index in [0.29, 0.717) is 22.9 Å². The van der Waals surface area contributed by atoms with E-state index in [2.05, 4.69) is 0 Å². The van der Waals surface area contributed by atoms with Gasteiger partial charge in [0.1, 0.15) is 6.29 Å². The van der Waals surface area contributed by atoms with Crippen molar-refractivity contribution in [2.45, 2.75) is 26.2 Å². The van der Waals surface area contributed by atoms with Crippen LogP contribution in [0.1, 0.15) is 30.4 Å². The molecule has 17 heavy (non-hydrogen) atoms. The molecule has 0 spiro atoms. The molecular formula is C13H17ClO3. The summed E-state index contributed by atoms with van der Waals surface area (Å²) in [7, 11) is 3.13. The highest BCUT2D eigenvalue weighted by molar-refractivity contribution is 6.32. The summed E-state index contributed by atoms with van der Waals surface area (Å²) in [5, 5.41) is 0.502. The van der Waals surface area contributed by atoms with Crippen molar-refractivity contribution in [3.05, 3.63) is 22.2 Å². The van der Waals surface area contributed by atoms with Crippen LogP contribution in [0.4, 0.5) is 0 Å². The molecule has 1 aromatic carbocycles. The summed E-state index contributed by atoms with van der Waals surface area (Å²) >= 11 is 6.14. The Morgan fingerprint density at radius 3 is 2.41 bits per heavy atom. The lowest BCUT2D eigenvalue weighted by molar-refractivity contribution is -0.108. The van der Waals surface area contributed by atoms with Gasteiger partial charge >= 0.3 is 0 Å². The van der Waals surface area contributed by atoms with Crippen molar-refractivity contribution in [3.8, 4) is 11.5 Å². The number of halogens is 1. The van der Waals surface area contributed by atoms with Crippen molar-refractivity contribution in [2.75, 3.05) is 14.2 Å². The molecule has 0 bridgehead atoms. The molecule has 1 rings (SSSR count). The molecule has 1 aromatic rings. The van der Waals surface area contributed by atoms with Gasteiger partial charge in [-0.3, -0.25) is 0 Å². The first-order valence-corrected chi connectivity index (χ1v) is 5.79. The van der Waals surface area contributed by atoms with Gasteiger partial charge in [-0.25, -0.2) is 0 Å². The van der Waals surface area contributed by atoms with E-state index < -0.39 is 0 Å². The minimum Gasteiger partial charge on any atom is -0.493 e. The number of carbonyl (C=O) groups is 1. The maximum atomic E-state index is 10.6. The van der Waals surface area contributed by atoms with Crippen molar-refractivity contribution < 1.29 is 14.3 Å². The topological polar surface area (TPSA) is 35.5 Å². The second-order valence-electron chi connectivity index (χ2n) is 3.94. The molecule has 0 amide bonds. The average molecular weight is 257 g/mol. The second-order valence-corrected chi connectivity index (χ2v) is 4.35. The fourth-order valence-electron chi connectivity index (χ4n) is 1.94. The van der Waals surface area contributed by atoms with Crippen molar-refractivity contribution >= 4 is 17.9 Å². The Morgan fingerprint density at radius 2 is 1.94 bits per heavy atom. The summed E-state index contributed by atoms with van der Waals surface area (Å²) in [6.45, 7) is 3.92. The molecule has 0 saturated heterocycles. The van der Waals surface area contributed by atoms with Crippen LogP contribution in [-0.2, 0) is 4.79 Å². The van der Waals surface area contributed by atoms with Crippen LogP contribution in [0.2, 0.25) is 5.02 Å². The number of ether oxygens (including phenoxy) is 2. The molecule has 0 fully saturated rings. The zero-order chi connectivity index (χ0) is 13.0. The minimum atomic E-state index is 0.116. The zero-order valence-corrected chi connectivity index (χ0v) is 11.3. The van der Waals surface area contributed by atoms with Gasteiger partial charge in [0.15, 0.2) is 11.5 Å². The van der Waals surface area contributed by atoms with Crippen LogP contribution in [0.15, 0.2) is 6.07 Å². The number of aldehydes is 1. The highest BCUT2D eigenvalue weighted by Gasteiger charge is 2.18.